The summed E-state index contributed by atoms with van der Waals surface area (Å²) < 4.78 is 32.9. The van der Waals surface area contributed by atoms with Crippen LogP contribution in [-0.4, -0.2) is 56.5 Å². The summed E-state index contributed by atoms with van der Waals surface area (Å²) in [6.07, 6.45) is 3.15. The van der Waals surface area contributed by atoms with E-state index in [0.29, 0.717) is 37.9 Å². The first-order chi connectivity index (χ1) is 13.9. The molecule has 0 radical (unpaired) electrons. The van der Waals surface area contributed by atoms with Crippen LogP contribution >= 0.6 is 0 Å². The van der Waals surface area contributed by atoms with Crippen LogP contribution in [-0.2, 0) is 24.3 Å². The minimum Gasteiger partial charge on any atom is -0.378 e. The first-order valence-corrected chi connectivity index (χ1v) is 10.6. The number of nitrogens with zero attached hydrogens (tertiary/aromatic N) is 4. The quantitative estimate of drug-likeness (QED) is 0.708. The van der Waals surface area contributed by atoms with Crippen LogP contribution in [0, 0.1) is 0 Å². The van der Waals surface area contributed by atoms with Crippen molar-refractivity contribution in [2.24, 2.45) is 0 Å². The van der Waals surface area contributed by atoms with Crippen LogP contribution in [0.5, 0.6) is 0 Å². The molecular formula is C18H19N5O5S. The van der Waals surface area contributed by atoms with Crippen molar-refractivity contribution in [3.05, 3.63) is 36.7 Å². The molecular weight excluding hydrogens is 398 g/mol. The van der Waals surface area contributed by atoms with Crippen LogP contribution in [0.3, 0.4) is 0 Å². The molecule has 1 aromatic heterocycles. The highest BCUT2D eigenvalue weighted by Crippen LogP contribution is 2.25. The second kappa shape index (κ2) is 7.76. The van der Waals surface area contributed by atoms with E-state index in [2.05, 4.69) is 14.7 Å². The molecule has 10 nitrogen and oxygen atoms in total. The van der Waals surface area contributed by atoms with Crippen LogP contribution in [0.4, 0.5) is 17.3 Å². The number of hydrogen-bond donors (Lipinski definition) is 1. The predicted octanol–water partition coefficient (Wildman–Crippen LogP) is 0.767. The van der Waals surface area contributed by atoms with E-state index in [4.69, 9.17) is 4.74 Å². The number of amides is 2. The Labute approximate surface area is 167 Å². The van der Waals surface area contributed by atoms with Crippen LogP contribution in [0.2, 0.25) is 0 Å². The summed E-state index contributed by atoms with van der Waals surface area (Å²) in [5, 5.41) is 0. The molecule has 1 N–H and O–H groups in total. The Morgan fingerprint density at radius 1 is 0.931 bits per heavy atom. The van der Waals surface area contributed by atoms with Crippen molar-refractivity contribution in [3.63, 3.8) is 0 Å². The van der Waals surface area contributed by atoms with Crippen molar-refractivity contribution in [2.45, 2.75) is 17.7 Å². The van der Waals surface area contributed by atoms with Crippen molar-refractivity contribution in [1.82, 2.24) is 9.97 Å². The van der Waals surface area contributed by atoms with E-state index in [1.165, 1.54) is 36.7 Å². The standard InChI is InChI=1S/C18H19N5O5S/c24-16-5-6-17(25)23(16)14-1-3-15(4-2-14)29(26,27)21-13-11-19-18(20-12-13)22-7-9-28-10-8-22/h1-4,11-12,21H,5-10H2. The maximum atomic E-state index is 12.6. The monoisotopic (exact) mass is 417 g/mol. The molecule has 11 heteroatoms. The van der Waals surface area contributed by atoms with E-state index in [1.54, 1.807) is 0 Å². The van der Waals surface area contributed by atoms with Crippen molar-refractivity contribution >= 4 is 39.2 Å². The number of morpholine rings is 1. The lowest BCUT2D eigenvalue weighted by Crippen LogP contribution is -2.37. The molecule has 2 fully saturated rings. The number of imide groups is 1. The molecule has 2 amide bonds. The first kappa shape index (κ1) is 19.3. The molecule has 152 valence electrons. The molecule has 0 aliphatic carbocycles. The highest BCUT2D eigenvalue weighted by Gasteiger charge is 2.30. The van der Waals surface area contributed by atoms with Gasteiger partial charge < -0.3 is 9.64 Å². The third kappa shape index (κ3) is 4.05. The average molecular weight is 417 g/mol. The van der Waals surface area contributed by atoms with Crippen LogP contribution in [0.15, 0.2) is 41.6 Å². The Morgan fingerprint density at radius 3 is 2.10 bits per heavy atom. The van der Waals surface area contributed by atoms with E-state index in [1.807, 2.05) is 4.90 Å². The Morgan fingerprint density at radius 2 is 1.52 bits per heavy atom. The minimum absolute atomic E-state index is 0.00222. The smallest absolute Gasteiger partial charge is 0.261 e. The predicted molar refractivity (Wildman–Crippen MR) is 104 cm³/mol. The summed E-state index contributed by atoms with van der Waals surface area (Å²) in [6.45, 7) is 2.56. The van der Waals surface area contributed by atoms with Crippen LogP contribution in [0.1, 0.15) is 12.8 Å². The Balaban J connectivity index is 1.47. The highest BCUT2D eigenvalue weighted by molar-refractivity contribution is 7.92. The summed E-state index contributed by atoms with van der Waals surface area (Å²) in [5.41, 5.74) is 0.589. The van der Waals surface area contributed by atoms with Gasteiger partial charge >= 0.3 is 0 Å². The van der Waals surface area contributed by atoms with Crippen LogP contribution < -0.4 is 14.5 Å². The van der Waals surface area contributed by atoms with Gasteiger partial charge in [-0.05, 0) is 24.3 Å². The number of carbonyl (C=O) groups is 2. The van der Waals surface area contributed by atoms with Crippen molar-refractivity contribution in [3.8, 4) is 0 Å². The molecule has 2 aliphatic heterocycles. The van der Waals surface area contributed by atoms with E-state index in [9.17, 15) is 18.0 Å². The summed E-state index contributed by atoms with van der Waals surface area (Å²) in [7, 11) is -3.87. The fraction of sp³-hybridized carbons (Fsp3) is 0.333. The second-order valence-corrected chi connectivity index (χ2v) is 8.28. The number of carbonyl (C=O) groups excluding carboxylic acids is 2. The van der Waals surface area contributed by atoms with Gasteiger partial charge in [-0.15, -0.1) is 0 Å². The maximum Gasteiger partial charge on any atom is 0.261 e. The zero-order valence-corrected chi connectivity index (χ0v) is 16.3. The molecule has 0 atom stereocenters. The normalized spacial score (nSPS) is 17.7. The summed E-state index contributed by atoms with van der Waals surface area (Å²) in [4.78, 5) is 35.1. The SMILES string of the molecule is O=C1CCC(=O)N1c1ccc(S(=O)(=O)Nc2cnc(N3CCOCC3)nc2)cc1. The van der Waals surface area contributed by atoms with E-state index >= 15 is 0 Å². The Hall–Kier alpha value is -3.05. The van der Waals surface area contributed by atoms with E-state index in [0.717, 1.165) is 4.90 Å². The fourth-order valence-electron chi connectivity index (χ4n) is 3.15. The number of ether oxygens (including phenoxy) is 1. The fourth-order valence-corrected chi connectivity index (χ4v) is 4.18. The molecule has 0 unspecified atom stereocenters. The van der Waals surface area contributed by atoms with Gasteiger partial charge in [0.25, 0.3) is 10.0 Å². The Kier molecular flexibility index (Phi) is 5.16. The number of sulfonamides is 1. The summed E-state index contributed by atoms with van der Waals surface area (Å²) in [6, 6.07) is 5.57. The lowest BCUT2D eigenvalue weighted by Gasteiger charge is -2.26. The first-order valence-electron chi connectivity index (χ1n) is 9.07. The molecule has 4 rings (SSSR count). The van der Waals surface area contributed by atoms with Gasteiger partial charge in [-0.1, -0.05) is 0 Å². The number of anilines is 3. The molecule has 3 heterocycles. The van der Waals surface area contributed by atoms with Crippen molar-refractivity contribution < 1.29 is 22.7 Å². The molecule has 2 aromatic rings. The maximum absolute atomic E-state index is 12.6. The van der Waals surface area contributed by atoms with Gasteiger partial charge in [0.05, 0.1) is 41.9 Å². The van der Waals surface area contributed by atoms with Gasteiger partial charge in [-0.25, -0.2) is 18.4 Å². The van der Waals surface area contributed by atoms with Gasteiger partial charge in [-0.2, -0.15) is 0 Å². The number of rotatable bonds is 5. The molecule has 2 saturated heterocycles. The highest BCUT2D eigenvalue weighted by atomic mass is 32.2. The van der Waals surface area contributed by atoms with E-state index in [-0.39, 0.29) is 35.2 Å². The minimum atomic E-state index is -3.87. The lowest BCUT2D eigenvalue weighted by molar-refractivity contribution is -0.121. The molecule has 29 heavy (non-hydrogen) atoms. The molecule has 2 aliphatic rings. The van der Waals surface area contributed by atoms with Gasteiger partial charge in [0.1, 0.15) is 0 Å². The van der Waals surface area contributed by atoms with Gasteiger partial charge in [0, 0.05) is 25.9 Å². The summed E-state index contributed by atoms with van der Waals surface area (Å²) >= 11 is 0. The molecule has 1 aromatic carbocycles. The number of benzene rings is 1. The zero-order valence-electron chi connectivity index (χ0n) is 15.4. The number of nitrogens with one attached hydrogen (secondary N) is 1. The number of hydrogen-bond acceptors (Lipinski definition) is 8. The molecule has 0 saturated carbocycles. The zero-order chi connectivity index (χ0) is 20.4. The Bertz CT molecular complexity index is 1000. The third-order valence-corrected chi connectivity index (χ3v) is 6.04. The van der Waals surface area contributed by atoms with Crippen molar-refractivity contribution in [1.29, 1.82) is 0 Å². The van der Waals surface area contributed by atoms with Gasteiger partial charge in [0.2, 0.25) is 17.8 Å². The van der Waals surface area contributed by atoms with Gasteiger partial charge in [-0.3, -0.25) is 19.2 Å². The third-order valence-electron chi connectivity index (χ3n) is 4.64. The molecule has 0 spiro atoms. The van der Waals surface area contributed by atoms with Crippen LogP contribution in [0.25, 0.3) is 0 Å². The number of aromatic nitrogens is 2. The second-order valence-electron chi connectivity index (χ2n) is 6.59. The lowest BCUT2D eigenvalue weighted by atomic mass is 10.3. The largest absolute Gasteiger partial charge is 0.378 e. The average Bonchev–Trinajstić information content (AvgIpc) is 3.07. The van der Waals surface area contributed by atoms with E-state index < -0.39 is 10.0 Å². The summed E-state index contributed by atoms with van der Waals surface area (Å²) in [5.74, 6) is -0.0666. The topological polar surface area (TPSA) is 122 Å². The molecule has 0 bridgehead atoms. The van der Waals surface area contributed by atoms with Crippen molar-refractivity contribution in [2.75, 3.05) is 40.8 Å². The van der Waals surface area contributed by atoms with Gasteiger partial charge in [0.15, 0.2) is 0 Å².